The maximum atomic E-state index is 12.6. The molecular weight excluding hydrogens is 320 g/mol. The van der Waals surface area contributed by atoms with E-state index in [9.17, 15) is 19.5 Å². The van der Waals surface area contributed by atoms with Crippen molar-refractivity contribution >= 4 is 17.8 Å². The van der Waals surface area contributed by atoms with Crippen molar-refractivity contribution in [2.75, 3.05) is 26.2 Å². The molecular formula is C19H30N2O4. The van der Waals surface area contributed by atoms with Crippen molar-refractivity contribution in [1.29, 1.82) is 0 Å². The van der Waals surface area contributed by atoms with E-state index in [1.165, 1.54) is 25.7 Å². The van der Waals surface area contributed by atoms with Gasteiger partial charge < -0.3 is 14.9 Å². The normalized spacial score (nSPS) is 23.8. The minimum Gasteiger partial charge on any atom is -0.481 e. The molecule has 0 unspecified atom stereocenters. The van der Waals surface area contributed by atoms with Crippen molar-refractivity contribution in [1.82, 2.24) is 9.80 Å². The number of carbonyl (C=O) groups is 3. The van der Waals surface area contributed by atoms with Gasteiger partial charge in [0.25, 0.3) is 0 Å². The van der Waals surface area contributed by atoms with Crippen LogP contribution in [0.3, 0.4) is 0 Å². The van der Waals surface area contributed by atoms with Gasteiger partial charge in [-0.05, 0) is 38.0 Å². The van der Waals surface area contributed by atoms with E-state index in [4.69, 9.17) is 0 Å². The Morgan fingerprint density at radius 1 is 0.840 bits per heavy atom. The first-order valence-electron chi connectivity index (χ1n) is 9.79. The Kier molecular flexibility index (Phi) is 5.64. The number of aliphatic carboxylic acids is 1. The number of hydrogen-bond donors (Lipinski definition) is 1. The van der Waals surface area contributed by atoms with Crippen molar-refractivity contribution < 1.29 is 19.5 Å². The second kappa shape index (κ2) is 7.75. The van der Waals surface area contributed by atoms with Crippen LogP contribution in [0.4, 0.5) is 0 Å². The zero-order valence-corrected chi connectivity index (χ0v) is 15.0. The lowest BCUT2D eigenvalue weighted by Gasteiger charge is -2.38. The first kappa shape index (κ1) is 18.2. The summed E-state index contributed by atoms with van der Waals surface area (Å²) in [4.78, 5) is 40.2. The van der Waals surface area contributed by atoms with Crippen molar-refractivity contribution in [3.8, 4) is 0 Å². The van der Waals surface area contributed by atoms with Gasteiger partial charge in [0, 0.05) is 39.0 Å². The number of nitrogens with zero attached hydrogens (tertiary/aromatic N) is 2. The highest BCUT2D eigenvalue weighted by Crippen LogP contribution is 2.44. The van der Waals surface area contributed by atoms with E-state index in [-0.39, 0.29) is 18.2 Å². The van der Waals surface area contributed by atoms with Crippen LogP contribution in [0.1, 0.15) is 64.2 Å². The molecule has 1 heterocycles. The van der Waals surface area contributed by atoms with Gasteiger partial charge in [-0.25, -0.2) is 0 Å². The lowest BCUT2D eigenvalue weighted by Crippen LogP contribution is -2.45. The quantitative estimate of drug-likeness (QED) is 0.825. The maximum absolute atomic E-state index is 12.6. The molecule has 140 valence electrons. The van der Waals surface area contributed by atoms with Gasteiger partial charge in [-0.2, -0.15) is 0 Å². The lowest BCUT2D eigenvalue weighted by molar-refractivity contribution is -0.159. The number of carboxylic acids is 1. The number of amides is 2. The van der Waals surface area contributed by atoms with Gasteiger partial charge in [-0.15, -0.1) is 0 Å². The maximum Gasteiger partial charge on any atom is 0.310 e. The summed E-state index contributed by atoms with van der Waals surface area (Å²) in [5, 5.41) is 9.41. The summed E-state index contributed by atoms with van der Waals surface area (Å²) in [5.41, 5.74) is -0.832. The van der Waals surface area contributed by atoms with Gasteiger partial charge in [0.05, 0.1) is 5.41 Å². The van der Waals surface area contributed by atoms with Crippen LogP contribution in [-0.4, -0.2) is 58.9 Å². The summed E-state index contributed by atoms with van der Waals surface area (Å²) >= 11 is 0. The van der Waals surface area contributed by atoms with Gasteiger partial charge in [0.15, 0.2) is 0 Å². The third kappa shape index (κ3) is 4.15. The molecule has 6 heteroatoms. The second-order valence-electron chi connectivity index (χ2n) is 8.09. The molecule has 1 saturated heterocycles. The summed E-state index contributed by atoms with van der Waals surface area (Å²) in [6, 6.07) is 0. The van der Waals surface area contributed by atoms with Crippen LogP contribution in [0, 0.1) is 11.3 Å². The van der Waals surface area contributed by atoms with Crippen molar-refractivity contribution in [2.24, 2.45) is 11.3 Å². The van der Waals surface area contributed by atoms with E-state index in [2.05, 4.69) is 0 Å². The highest BCUT2D eigenvalue weighted by atomic mass is 16.4. The molecule has 0 radical (unpaired) electrons. The number of rotatable bonds is 5. The van der Waals surface area contributed by atoms with Crippen LogP contribution in [0.2, 0.25) is 0 Å². The Bertz CT molecular complexity index is 524. The van der Waals surface area contributed by atoms with Crippen LogP contribution in [-0.2, 0) is 14.4 Å². The summed E-state index contributed by atoms with van der Waals surface area (Å²) < 4.78 is 0. The molecule has 0 bridgehead atoms. The fraction of sp³-hybridized carbons (Fsp3) is 0.842. The highest BCUT2D eigenvalue weighted by Gasteiger charge is 2.46. The fourth-order valence-electron chi connectivity index (χ4n) is 4.48. The summed E-state index contributed by atoms with van der Waals surface area (Å²) in [6.07, 6.45) is 8.46. The second-order valence-corrected chi connectivity index (χ2v) is 8.09. The molecule has 1 aliphatic heterocycles. The van der Waals surface area contributed by atoms with Gasteiger partial charge >= 0.3 is 5.97 Å². The number of carbonyl (C=O) groups excluding carboxylic acids is 2. The Labute approximate surface area is 149 Å². The molecule has 25 heavy (non-hydrogen) atoms. The van der Waals surface area contributed by atoms with Gasteiger partial charge in [-0.1, -0.05) is 19.3 Å². The Hall–Kier alpha value is -1.59. The van der Waals surface area contributed by atoms with E-state index in [1.54, 1.807) is 4.90 Å². The largest absolute Gasteiger partial charge is 0.481 e. The van der Waals surface area contributed by atoms with E-state index >= 15 is 0 Å². The molecule has 2 aliphatic carbocycles. The molecule has 6 nitrogen and oxygen atoms in total. The molecule has 0 aromatic carbocycles. The highest BCUT2D eigenvalue weighted by molar-refractivity contribution is 5.85. The molecule has 0 aromatic rings. The fourth-order valence-corrected chi connectivity index (χ4v) is 4.48. The minimum atomic E-state index is -0.838. The van der Waals surface area contributed by atoms with Crippen LogP contribution in [0.5, 0.6) is 0 Å². The predicted molar refractivity (Wildman–Crippen MR) is 92.9 cm³/mol. The van der Waals surface area contributed by atoms with E-state index < -0.39 is 11.4 Å². The van der Waals surface area contributed by atoms with Gasteiger partial charge in [0.1, 0.15) is 0 Å². The number of hydrogen-bond acceptors (Lipinski definition) is 3. The minimum absolute atomic E-state index is 0.0628. The van der Waals surface area contributed by atoms with Crippen LogP contribution >= 0.6 is 0 Å². The Balaban J connectivity index is 1.49. The first-order valence-corrected chi connectivity index (χ1v) is 9.79. The standard InChI is InChI=1S/C19H30N2O4/c22-16(13-15-5-1-2-6-15)20-9-4-10-21(12-11-20)17(23)14-19(18(24)25)7-3-8-19/h15H,1-14H2,(H,24,25). The molecule has 1 N–H and O–H groups in total. The lowest BCUT2D eigenvalue weighted by atomic mass is 9.66. The average molecular weight is 350 g/mol. The molecule has 2 amide bonds. The van der Waals surface area contributed by atoms with Gasteiger partial charge in [0.2, 0.25) is 11.8 Å². The van der Waals surface area contributed by atoms with E-state index in [1.807, 2.05) is 4.90 Å². The summed E-state index contributed by atoms with van der Waals surface area (Å²) in [6.45, 7) is 2.45. The molecule has 3 aliphatic rings. The Morgan fingerprint density at radius 3 is 1.96 bits per heavy atom. The van der Waals surface area contributed by atoms with Crippen molar-refractivity contribution in [3.05, 3.63) is 0 Å². The number of carboxylic acid groups (broad SMARTS) is 1. The third-order valence-corrected chi connectivity index (χ3v) is 6.39. The monoisotopic (exact) mass is 350 g/mol. The van der Waals surface area contributed by atoms with Crippen molar-refractivity contribution in [2.45, 2.75) is 64.2 Å². The predicted octanol–water partition coefficient (Wildman–Crippen LogP) is 2.27. The third-order valence-electron chi connectivity index (χ3n) is 6.39. The van der Waals surface area contributed by atoms with Crippen LogP contribution in [0.15, 0.2) is 0 Å². The van der Waals surface area contributed by atoms with Crippen LogP contribution < -0.4 is 0 Å². The molecule has 0 spiro atoms. The topological polar surface area (TPSA) is 77.9 Å². The van der Waals surface area contributed by atoms with Crippen LogP contribution in [0.25, 0.3) is 0 Å². The zero-order chi connectivity index (χ0) is 17.9. The Morgan fingerprint density at radius 2 is 1.44 bits per heavy atom. The molecule has 2 saturated carbocycles. The summed E-state index contributed by atoms with van der Waals surface area (Å²) in [7, 11) is 0. The molecule has 3 rings (SSSR count). The first-order chi connectivity index (χ1) is 12.0. The zero-order valence-electron chi connectivity index (χ0n) is 15.0. The summed E-state index contributed by atoms with van der Waals surface area (Å²) in [5.74, 6) is -0.132. The smallest absolute Gasteiger partial charge is 0.310 e. The molecule has 0 aromatic heterocycles. The molecule has 3 fully saturated rings. The van der Waals surface area contributed by atoms with Crippen molar-refractivity contribution in [3.63, 3.8) is 0 Å². The average Bonchev–Trinajstić information content (AvgIpc) is 2.91. The SMILES string of the molecule is O=C(CC1CCCC1)N1CCCN(C(=O)CC2(C(=O)O)CCC2)CC1. The van der Waals surface area contributed by atoms with Gasteiger partial charge in [-0.3, -0.25) is 14.4 Å². The molecule has 0 atom stereocenters. The van der Waals surface area contributed by atoms with E-state index in [0.29, 0.717) is 51.4 Å². The van der Waals surface area contributed by atoms with E-state index in [0.717, 1.165) is 12.8 Å².